The monoisotopic (exact) mass is 283 g/mol. The summed E-state index contributed by atoms with van der Waals surface area (Å²) in [5.41, 5.74) is 0.0380. The highest BCUT2D eigenvalue weighted by Gasteiger charge is 2.22. The lowest BCUT2D eigenvalue weighted by molar-refractivity contribution is 0.0727. The molecule has 0 amide bonds. The quantitative estimate of drug-likeness (QED) is 0.830. The van der Waals surface area contributed by atoms with Gasteiger partial charge in [-0.2, -0.15) is 0 Å². The van der Waals surface area contributed by atoms with Crippen LogP contribution in [0.25, 0.3) is 0 Å². The predicted octanol–water partition coefficient (Wildman–Crippen LogP) is 4.19. The number of ether oxygens (including phenoxy) is 1. The lowest BCUT2D eigenvalue weighted by atomic mass is 9.94. The molecule has 0 N–H and O–H groups in total. The minimum absolute atomic E-state index is 0.0380. The molecule has 1 saturated heterocycles. The number of rotatable bonds is 4. The Labute approximate surface area is 120 Å². The number of hydrogen-bond acceptors (Lipinski definition) is 4. The molecule has 0 bridgehead atoms. The van der Waals surface area contributed by atoms with Gasteiger partial charge in [-0.15, -0.1) is 11.8 Å². The van der Waals surface area contributed by atoms with Gasteiger partial charge in [0.1, 0.15) is 5.76 Å². The first-order valence-electron chi connectivity index (χ1n) is 7.12. The van der Waals surface area contributed by atoms with Crippen LogP contribution in [0.3, 0.4) is 0 Å². The van der Waals surface area contributed by atoms with Gasteiger partial charge in [0.05, 0.1) is 11.4 Å². The molecule has 3 nitrogen and oxygen atoms in total. The van der Waals surface area contributed by atoms with Crippen molar-refractivity contribution in [2.75, 3.05) is 19.0 Å². The first-order valence-corrected chi connectivity index (χ1v) is 8.17. The third-order valence-electron chi connectivity index (χ3n) is 3.53. The molecule has 2 heterocycles. The molecule has 1 aromatic heterocycles. The summed E-state index contributed by atoms with van der Waals surface area (Å²) in [4.78, 5) is 4.43. The zero-order valence-corrected chi connectivity index (χ0v) is 13.3. The molecule has 2 rings (SSSR count). The SMILES string of the molecule is C[C@H](SCC1CCOCC1)c1ncc(C(C)(C)C)o1. The second kappa shape index (κ2) is 6.31. The van der Waals surface area contributed by atoms with Gasteiger partial charge in [-0.25, -0.2) is 4.98 Å². The summed E-state index contributed by atoms with van der Waals surface area (Å²) in [6, 6.07) is 0. The summed E-state index contributed by atoms with van der Waals surface area (Å²) in [5, 5.41) is 0.332. The van der Waals surface area contributed by atoms with Crippen LogP contribution in [0.4, 0.5) is 0 Å². The van der Waals surface area contributed by atoms with E-state index in [1.54, 1.807) is 0 Å². The zero-order chi connectivity index (χ0) is 13.9. The van der Waals surface area contributed by atoms with Crippen molar-refractivity contribution >= 4 is 11.8 Å². The Hall–Kier alpha value is -0.480. The Bertz CT molecular complexity index is 391. The lowest BCUT2D eigenvalue weighted by Gasteiger charge is -2.22. The van der Waals surface area contributed by atoms with E-state index in [1.807, 2.05) is 18.0 Å². The highest BCUT2D eigenvalue weighted by atomic mass is 32.2. The van der Waals surface area contributed by atoms with Gasteiger partial charge in [0.25, 0.3) is 0 Å². The van der Waals surface area contributed by atoms with Gasteiger partial charge in [0, 0.05) is 18.6 Å². The Morgan fingerprint density at radius 3 is 2.63 bits per heavy atom. The van der Waals surface area contributed by atoms with E-state index in [0.29, 0.717) is 5.25 Å². The van der Waals surface area contributed by atoms with E-state index in [1.165, 1.54) is 18.6 Å². The van der Waals surface area contributed by atoms with E-state index >= 15 is 0 Å². The topological polar surface area (TPSA) is 35.3 Å². The van der Waals surface area contributed by atoms with Gasteiger partial charge < -0.3 is 9.15 Å². The molecule has 1 aliphatic heterocycles. The standard InChI is InChI=1S/C15H25NO2S/c1-11(19-10-12-5-7-17-8-6-12)14-16-9-13(18-14)15(2,3)4/h9,11-12H,5-8,10H2,1-4H3/t11-/m0/s1. The summed E-state index contributed by atoms with van der Waals surface area (Å²) in [5.74, 6) is 3.80. The Morgan fingerprint density at radius 2 is 2.05 bits per heavy atom. The minimum Gasteiger partial charge on any atom is -0.444 e. The summed E-state index contributed by atoms with van der Waals surface area (Å²) in [6.07, 6.45) is 4.26. The highest BCUT2D eigenvalue weighted by Crippen LogP contribution is 2.33. The van der Waals surface area contributed by atoms with Crippen LogP contribution in [-0.2, 0) is 10.2 Å². The molecule has 0 aromatic carbocycles. The molecular formula is C15H25NO2S. The molecular weight excluding hydrogens is 258 g/mol. The summed E-state index contributed by atoms with van der Waals surface area (Å²) < 4.78 is 11.3. The third-order valence-corrected chi connectivity index (χ3v) is 4.90. The van der Waals surface area contributed by atoms with Crippen LogP contribution < -0.4 is 0 Å². The van der Waals surface area contributed by atoms with Gasteiger partial charge >= 0.3 is 0 Å². The Kier molecular flexibility index (Phi) is 4.96. The Balaban J connectivity index is 1.85. The van der Waals surface area contributed by atoms with Crippen LogP contribution >= 0.6 is 11.8 Å². The van der Waals surface area contributed by atoms with Crippen molar-refractivity contribution in [3.63, 3.8) is 0 Å². The number of nitrogens with zero attached hydrogens (tertiary/aromatic N) is 1. The fraction of sp³-hybridized carbons (Fsp3) is 0.800. The average molecular weight is 283 g/mol. The van der Waals surface area contributed by atoms with Crippen LogP contribution in [-0.4, -0.2) is 24.0 Å². The van der Waals surface area contributed by atoms with Crippen molar-refractivity contribution in [3.8, 4) is 0 Å². The largest absolute Gasteiger partial charge is 0.444 e. The fourth-order valence-electron chi connectivity index (χ4n) is 2.09. The van der Waals surface area contributed by atoms with Gasteiger partial charge in [0.15, 0.2) is 0 Å². The number of aromatic nitrogens is 1. The van der Waals surface area contributed by atoms with Crippen LogP contribution in [0, 0.1) is 5.92 Å². The van der Waals surface area contributed by atoms with Crippen molar-refractivity contribution in [2.24, 2.45) is 5.92 Å². The first-order chi connectivity index (χ1) is 8.97. The van der Waals surface area contributed by atoms with Gasteiger partial charge in [-0.1, -0.05) is 20.8 Å². The molecule has 108 valence electrons. The third kappa shape index (κ3) is 4.25. The van der Waals surface area contributed by atoms with Crippen molar-refractivity contribution in [1.29, 1.82) is 0 Å². The van der Waals surface area contributed by atoms with E-state index in [2.05, 4.69) is 32.7 Å². The summed E-state index contributed by atoms with van der Waals surface area (Å²) in [6.45, 7) is 10.5. The molecule has 0 unspecified atom stereocenters. The molecule has 1 aliphatic rings. The maximum absolute atomic E-state index is 5.89. The molecule has 0 spiro atoms. The zero-order valence-electron chi connectivity index (χ0n) is 12.4. The van der Waals surface area contributed by atoms with E-state index in [4.69, 9.17) is 9.15 Å². The normalized spacial score (nSPS) is 19.6. The molecule has 19 heavy (non-hydrogen) atoms. The molecule has 1 fully saturated rings. The Morgan fingerprint density at radius 1 is 1.37 bits per heavy atom. The van der Waals surface area contributed by atoms with Crippen LogP contribution in [0.15, 0.2) is 10.6 Å². The number of hydrogen-bond donors (Lipinski definition) is 0. The minimum atomic E-state index is 0.0380. The average Bonchev–Trinajstić information content (AvgIpc) is 2.87. The smallest absolute Gasteiger partial charge is 0.207 e. The van der Waals surface area contributed by atoms with Crippen molar-refractivity contribution < 1.29 is 9.15 Å². The number of oxazole rings is 1. The van der Waals surface area contributed by atoms with E-state index < -0.39 is 0 Å². The first kappa shape index (κ1) is 14.9. The van der Waals surface area contributed by atoms with Crippen molar-refractivity contribution in [2.45, 2.75) is 51.2 Å². The summed E-state index contributed by atoms with van der Waals surface area (Å²) >= 11 is 1.95. The van der Waals surface area contributed by atoms with Gasteiger partial charge in [-0.3, -0.25) is 0 Å². The van der Waals surface area contributed by atoms with E-state index in [0.717, 1.165) is 30.8 Å². The lowest BCUT2D eigenvalue weighted by Crippen LogP contribution is -2.17. The second-order valence-corrected chi connectivity index (χ2v) is 7.72. The van der Waals surface area contributed by atoms with Crippen LogP contribution in [0.2, 0.25) is 0 Å². The molecule has 4 heteroatoms. The molecule has 0 saturated carbocycles. The molecule has 1 aromatic rings. The van der Waals surface area contributed by atoms with Crippen molar-refractivity contribution in [3.05, 3.63) is 17.8 Å². The van der Waals surface area contributed by atoms with E-state index in [-0.39, 0.29) is 5.41 Å². The van der Waals surface area contributed by atoms with Gasteiger partial charge in [-0.05, 0) is 31.4 Å². The number of thioether (sulfide) groups is 1. The van der Waals surface area contributed by atoms with Crippen molar-refractivity contribution in [1.82, 2.24) is 4.98 Å². The maximum atomic E-state index is 5.89. The summed E-state index contributed by atoms with van der Waals surface area (Å²) in [7, 11) is 0. The fourth-order valence-corrected chi connectivity index (χ4v) is 3.23. The van der Waals surface area contributed by atoms with E-state index in [9.17, 15) is 0 Å². The van der Waals surface area contributed by atoms with Gasteiger partial charge in [0.2, 0.25) is 5.89 Å². The maximum Gasteiger partial charge on any atom is 0.207 e. The second-order valence-electron chi connectivity index (χ2n) is 6.34. The predicted molar refractivity (Wildman–Crippen MR) is 79.6 cm³/mol. The van der Waals surface area contributed by atoms with Crippen LogP contribution in [0.1, 0.15) is 57.4 Å². The molecule has 0 aliphatic carbocycles. The molecule has 0 radical (unpaired) electrons. The van der Waals surface area contributed by atoms with Crippen LogP contribution in [0.5, 0.6) is 0 Å². The highest BCUT2D eigenvalue weighted by molar-refractivity contribution is 7.99. The molecule has 1 atom stereocenters.